The van der Waals surface area contributed by atoms with Crippen molar-refractivity contribution in [1.29, 1.82) is 0 Å². The summed E-state index contributed by atoms with van der Waals surface area (Å²) in [6, 6.07) is 15.8. The first-order valence-corrected chi connectivity index (χ1v) is 12.4. The van der Waals surface area contributed by atoms with E-state index < -0.39 is 0 Å². The van der Waals surface area contributed by atoms with Crippen LogP contribution in [-0.4, -0.2) is 54.9 Å². The van der Waals surface area contributed by atoms with Gasteiger partial charge in [-0.2, -0.15) is 0 Å². The van der Waals surface area contributed by atoms with Crippen molar-refractivity contribution < 1.29 is 14.3 Å². The second-order valence-corrected chi connectivity index (χ2v) is 9.96. The van der Waals surface area contributed by atoms with E-state index in [1.54, 1.807) is 7.11 Å². The maximum absolute atomic E-state index is 13.4. The highest BCUT2D eigenvalue weighted by Gasteiger charge is 2.44. The Morgan fingerprint density at radius 1 is 0.971 bits per heavy atom. The summed E-state index contributed by atoms with van der Waals surface area (Å²) < 4.78 is 5.56. The number of methoxy groups -OCH3 is 1. The summed E-state index contributed by atoms with van der Waals surface area (Å²) in [5.74, 6) is 6.90. The molecule has 0 bridgehead atoms. The van der Waals surface area contributed by atoms with E-state index in [0.717, 1.165) is 76.0 Å². The molecule has 5 rings (SSSR count). The molecule has 1 unspecified atom stereocenters. The number of hydrogen-bond acceptors (Lipinski definition) is 3. The highest BCUT2D eigenvalue weighted by molar-refractivity contribution is 5.94. The van der Waals surface area contributed by atoms with Crippen molar-refractivity contribution in [2.45, 2.75) is 38.5 Å². The lowest BCUT2D eigenvalue weighted by Crippen LogP contribution is -2.45. The van der Waals surface area contributed by atoms with Crippen molar-refractivity contribution in [2.75, 3.05) is 33.3 Å². The molecule has 3 aliphatic rings. The van der Waals surface area contributed by atoms with E-state index in [2.05, 4.69) is 22.8 Å². The summed E-state index contributed by atoms with van der Waals surface area (Å²) >= 11 is 0. The molecule has 0 aromatic heterocycles. The van der Waals surface area contributed by atoms with Crippen LogP contribution in [0.2, 0.25) is 0 Å². The number of amides is 2. The van der Waals surface area contributed by atoms with Crippen LogP contribution < -0.4 is 4.74 Å². The summed E-state index contributed by atoms with van der Waals surface area (Å²) in [5.41, 5.74) is 3.52. The van der Waals surface area contributed by atoms with Crippen LogP contribution in [0.3, 0.4) is 0 Å². The van der Waals surface area contributed by atoms with Crippen molar-refractivity contribution in [1.82, 2.24) is 9.80 Å². The van der Waals surface area contributed by atoms with Crippen molar-refractivity contribution in [3.8, 4) is 17.6 Å². The Morgan fingerprint density at radius 3 is 2.44 bits per heavy atom. The van der Waals surface area contributed by atoms with E-state index in [1.807, 2.05) is 47.4 Å². The van der Waals surface area contributed by atoms with Gasteiger partial charge >= 0.3 is 0 Å². The van der Waals surface area contributed by atoms with Gasteiger partial charge in [-0.3, -0.25) is 9.59 Å². The Kier molecular flexibility index (Phi) is 6.32. The molecule has 0 N–H and O–H groups in total. The first-order valence-electron chi connectivity index (χ1n) is 12.4. The second kappa shape index (κ2) is 9.54. The van der Waals surface area contributed by atoms with E-state index in [0.29, 0.717) is 5.91 Å². The molecule has 5 nitrogen and oxygen atoms in total. The van der Waals surface area contributed by atoms with Gasteiger partial charge in [0.2, 0.25) is 5.91 Å². The van der Waals surface area contributed by atoms with E-state index in [4.69, 9.17) is 4.74 Å². The van der Waals surface area contributed by atoms with Crippen LogP contribution in [0.1, 0.15) is 42.4 Å². The number of rotatable bonds is 2. The predicted octanol–water partition coefficient (Wildman–Crippen LogP) is 3.69. The number of likely N-dealkylation sites (tertiary alicyclic amines) is 2. The van der Waals surface area contributed by atoms with Gasteiger partial charge in [0, 0.05) is 43.6 Å². The van der Waals surface area contributed by atoms with Crippen molar-refractivity contribution >= 4 is 11.8 Å². The van der Waals surface area contributed by atoms with Crippen LogP contribution in [0.4, 0.5) is 0 Å². The lowest BCUT2D eigenvalue weighted by molar-refractivity contribution is -0.136. The highest BCUT2D eigenvalue weighted by Crippen LogP contribution is 2.42. The van der Waals surface area contributed by atoms with Crippen molar-refractivity contribution in [3.05, 3.63) is 65.2 Å². The predicted molar refractivity (Wildman–Crippen MR) is 131 cm³/mol. The number of aryl methyl sites for hydroxylation is 1. The zero-order valence-electron chi connectivity index (χ0n) is 19.9. The molecular formula is C29H32N2O3. The molecule has 34 heavy (non-hydrogen) atoms. The first kappa shape index (κ1) is 22.5. The fourth-order valence-corrected chi connectivity index (χ4v) is 5.86. The lowest BCUT2D eigenvalue weighted by atomic mass is 9.77. The minimum atomic E-state index is -0.0977. The molecular weight excluding hydrogens is 424 g/mol. The Labute approximate surface area is 202 Å². The number of hydrogen-bond donors (Lipinski definition) is 0. The van der Waals surface area contributed by atoms with Gasteiger partial charge in [0.25, 0.3) is 5.91 Å². The van der Waals surface area contributed by atoms with Crippen LogP contribution in [0.25, 0.3) is 0 Å². The van der Waals surface area contributed by atoms with Crippen molar-refractivity contribution in [3.63, 3.8) is 0 Å². The third-order valence-electron chi connectivity index (χ3n) is 7.96. The Balaban J connectivity index is 1.17. The number of benzene rings is 2. The average Bonchev–Trinajstić information content (AvgIpc) is 3.30. The summed E-state index contributed by atoms with van der Waals surface area (Å²) in [4.78, 5) is 30.0. The molecule has 1 aliphatic carbocycles. The molecule has 5 heteroatoms. The fraction of sp³-hybridized carbons (Fsp3) is 0.448. The average molecular weight is 457 g/mol. The van der Waals surface area contributed by atoms with E-state index in [-0.39, 0.29) is 17.2 Å². The molecule has 1 atom stereocenters. The molecule has 2 aromatic carbocycles. The van der Waals surface area contributed by atoms with Gasteiger partial charge in [0.15, 0.2) is 0 Å². The molecule has 2 heterocycles. The SMILES string of the molecule is COc1cccc2c1CC(C(=O)N1CCC3(CCN(C(=O)C#Cc4ccccc4)CC3)C1)CC2. The van der Waals surface area contributed by atoms with Gasteiger partial charge in [-0.25, -0.2) is 0 Å². The van der Waals surface area contributed by atoms with Gasteiger partial charge in [0.1, 0.15) is 5.75 Å². The number of carbonyl (C=O) groups is 2. The smallest absolute Gasteiger partial charge is 0.298 e. The molecule has 1 spiro atoms. The van der Waals surface area contributed by atoms with Crippen LogP contribution in [0.5, 0.6) is 5.75 Å². The highest BCUT2D eigenvalue weighted by atomic mass is 16.5. The van der Waals surface area contributed by atoms with Gasteiger partial charge in [0.05, 0.1) is 7.11 Å². The molecule has 2 saturated heterocycles. The van der Waals surface area contributed by atoms with Gasteiger partial charge < -0.3 is 14.5 Å². The first-order chi connectivity index (χ1) is 16.6. The van der Waals surface area contributed by atoms with Crippen molar-refractivity contribution in [2.24, 2.45) is 11.3 Å². The van der Waals surface area contributed by atoms with Crippen LogP contribution in [0, 0.1) is 23.2 Å². The largest absolute Gasteiger partial charge is 0.496 e. The van der Waals surface area contributed by atoms with E-state index in [1.165, 1.54) is 11.1 Å². The van der Waals surface area contributed by atoms with E-state index >= 15 is 0 Å². The van der Waals surface area contributed by atoms with Gasteiger partial charge in [-0.05, 0) is 73.3 Å². The Hall–Kier alpha value is -3.26. The van der Waals surface area contributed by atoms with Crippen LogP contribution >= 0.6 is 0 Å². The number of piperidine rings is 1. The Bertz CT molecular complexity index is 1110. The molecule has 0 saturated carbocycles. The van der Waals surface area contributed by atoms with Crippen LogP contribution in [0.15, 0.2) is 48.5 Å². The topological polar surface area (TPSA) is 49.9 Å². The third kappa shape index (κ3) is 4.55. The van der Waals surface area contributed by atoms with Crippen LogP contribution in [-0.2, 0) is 22.4 Å². The standard InChI is InChI=1S/C29H32N2O3/c1-34-26-9-5-8-23-11-12-24(20-25(23)26)28(33)31-19-16-29(21-31)14-17-30(18-15-29)27(32)13-10-22-6-3-2-4-7-22/h2-9,24H,11-12,14-21H2,1H3. The van der Waals surface area contributed by atoms with Gasteiger partial charge in [-0.1, -0.05) is 36.3 Å². The molecule has 176 valence electrons. The third-order valence-corrected chi connectivity index (χ3v) is 7.96. The number of nitrogens with zero attached hydrogens (tertiary/aromatic N) is 2. The number of carbonyl (C=O) groups excluding carboxylic acids is 2. The van der Waals surface area contributed by atoms with E-state index in [9.17, 15) is 9.59 Å². The number of fused-ring (bicyclic) bond motifs is 1. The summed E-state index contributed by atoms with van der Waals surface area (Å²) in [6.07, 6.45) is 5.52. The normalized spacial score (nSPS) is 20.9. The summed E-state index contributed by atoms with van der Waals surface area (Å²) in [7, 11) is 1.70. The maximum atomic E-state index is 13.4. The minimum Gasteiger partial charge on any atom is -0.496 e. The summed E-state index contributed by atoms with van der Waals surface area (Å²) in [6.45, 7) is 3.09. The quantitative estimate of drug-likeness (QED) is 0.648. The number of ether oxygens (including phenoxy) is 1. The zero-order chi connectivity index (χ0) is 23.5. The fourth-order valence-electron chi connectivity index (χ4n) is 5.86. The van der Waals surface area contributed by atoms with Gasteiger partial charge in [-0.15, -0.1) is 0 Å². The maximum Gasteiger partial charge on any atom is 0.298 e. The molecule has 2 aliphatic heterocycles. The lowest BCUT2D eigenvalue weighted by Gasteiger charge is -2.38. The minimum absolute atomic E-state index is 0.0360. The monoisotopic (exact) mass is 456 g/mol. The molecule has 2 fully saturated rings. The zero-order valence-corrected chi connectivity index (χ0v) is 19.9. The molecule has 0 radical (unpaired) electrons. The summed E-state index contributed by atoms with van der Waals surface area (Å²) in [5, 5.41) is 0. The Morgan fingerprint density at radius 2 is 1.71 bits per heavy atom. The second-order valence-electron chi connectivity index (χ2n) is 9.96. The molecule has 2 amide bonds. The molecule has 2 aromatic rings.